The van der Waals surface area contributed by atoms with Crippen molar-refractivity contribution in [3.8, 4) is 0 Å². The topological polar surface area (TPSA) is 56.2 Å². The molecule has 0 aliphatic carbocycles. The molecule has 1 N–H and O–H groups in total. The highest BCUT2D eigenvalue weighted by Gasteiger charge is 2.23. The molecule has 0 aliphatic heterocycles. The number of hydrogen-bond donors (Lipinski definition) is 1. The molecule has 21 heavy (non-hydrogen) atoms. The lowest BCUT2D eigenvalue weighted by atomic mass is 10.1. The van der Waals surface area contributed by atoms with Crippen LogP contribution in [0.2, 0.25) is 0 Å². The largest absolute Gasteiger partial charge is 0.467 e. The lowest BCUT2D eigenvalue weighted by Crippen LogP contribution is -2.22. The number of hydrogen-bond acceptors (Lipinski definition) is 4. The van der Waals surface area contributed by atoms with E-state index < -0.39 is 6.04 Å². The number of nitrogens with zero attached hydrogens (tertiary/aromatic N) is 2. The molecule has 0 saturated heterocycles. The van der Waals surface area contributed by atoms with Gasteiger partial charge in [0.2, 0.25) is 0 Å². The van der Waals surface area contributed by atoms with E-state index in [4.69, 9.17) is 4.74 Å². The highest BCUT2D eigenvalue weighted by molar-refractivity contribution is 9.10. The van der Waals surface area contributed by atoms with Crippen LogP contribution in [0.25, 0.3) is 0 Å². The molecule has 2 rings (SSSR count). The quantitative estimate of drug-likeness (QED) is 0.810. The molecule has 1 unspecified atom stereocenters. The third-order valence-corrected chi connectivity index (χ3v) is 3.74. The van der Waals surface area contributed by atoms with Crippen LogP contribution in [0, 0.1) is 0 Å². The molecule has 112 valence electrons. The van der Waals surface area contributed by atoms with Crippen molar-refractivity contribution in [1.82, 2.24) is 9.78 Å². The van der Waals surface area contributed by atoms with Gasteiger partial charge in [0.15, 0.2) is 6.04 Å². The van der Waals surface area contributed by atoms with Crippen molar-refractivity contribution in [2.24, 2.45) is 0 Å². The van der Waals surface area contributed by atoms with Crippen LogP contribution in [0.15, 0.2) is 41.1 Å². The van der Waals surface area contributed by atoms with Gasteiger partial charge < -0.3 is 10.1 Å². The van der Waals surface area contributed by atoms with Gasteiger partial charge in [0.25, 0.3) is 0 Å². The Hall–Kier alpha value is -1.82. The van der Waals surface area contributed by atoms with Crippen molar-refractivity contribution in [3.05, 3.63) is 46.7 Å². The van der Waals surface area contributed by atoms with Gasteiger partial charge in [0, 0.05) is 28.5 Å². The van der Waals surface area contributed by atoms with Crippen LogP contribution in [0.3, 0.4) is 0 Å². The summed E-state index contributed by atoms with van der Waals surface area (Å²) in [6, 6.07) is 7.05. The summed E-state index contributed by atoms with van der Waals surface area (Å²) in [4.78, 5) is 12.1. The van der Waals surface area contributed by atoms with Crippen LogP contribution in [-0.4, -0.2) is 22.9 Å². The first-order chi connectivity index (χ1) is 10.2. The number of ether oxygens (including phenoxy) is 1. The third-order valence-electron chi connectivity index (χ3n) is 3.05. The number of aryl methyl sites for hydroxylation is 1. The fourth-order valence-corrected chi connectivity index (χ4v) is 2.41. The summed E-state index contributed by atoms with van der Waals surface area (Å²) in [5, 5.41) is 7.46. The molecule has 0 bridgehead atoms. The minimum absolute atomic E-state index is 0.346. The van der Waals surface area contributed by atoms with E-state index >= 15 is 0 Å². The van der Waals surface area contributed by atoms with E-state index in [1.165, 1.54) is 7.11 Å². The maximum Gasteiger partial charge on any atom is 0.333 e. The van der Waals surface area contributed by atoms with Gasteiger partial charge in [0.05, 0.1) is 13.3 Å². The molecule has 1 aromatic heterocycles. The van der Waals surface area contributed by atoms with Gasteiger partial charge in [0.1, 0.15) is 0 Å². The Morgan fingerprint density at radius 2 is 2.24 bits per heavy atom. The number of nitrogens with one attached hydrogen (secondary N) is 1. The number of halogens is 1. The number of aromatic nitrogens is 2. The van der Waals surface area contributed by atoms with E-state index in [1.807, 2.05) is 35.1 Å². The molecule has 6 heteroatoms. The number of anilines is 1. The predicted molar refractivity (Wildman–Crippen MR) is 85.0 cm³/mol. The SMILES string of the molecule is CCCn1cc(C(Nc2ccccc2Br)C(=O)OC)cn1. The maximum absolute atomic E-state index is 12.1. The minimum atomic E-state index is -0.584. The van der Waals surface area contributed by atoms with Crippen molar-refractivity contribution in [2.45, 2.75) is 25.9 Å². The van der Waals surface area contributed by atoms with Crippen LogP contribution < -0.4 is 5.32 Å². The summed E-state index contributed by atoms with van der Waals surface area (Å²) in [6.07, 6.45) is 4.55. The molecule has 0 fully saturated rings. The molecule has 0 aliphatic rings. The number of rotatable bonds is 6. The summed E-state index contributed by atoms with van der Waals surface area (Å²) in [6.45, 7) is 2.90. The molecule has 2 aromatic rings. The zero-order chi connectivity index (χ0) is 15.2. The Morgan fingerprint density at radius 3 is 2.90 bits per heavy atom. The van der Waals surface area contributed by atoms with Gasteiger partial charge in [-0.05, 0) is 34.5 Å². The number of esters is 1. The average molecular weight is 352 g/mol. The lowest BCUT2D eigenvalue weighted by molar-refractivity contribution is -0.141. The molecule has 1 heterocycles. The minimum Gasteiger partial charge on any atom is -0.467 e. The van der Waals surface area contributed by atoms with Gasteiger partial charge in [-0.2, -0.15) is 5.10 Å². The molecule has 5 nitrogen and oxygen atoms in total. The van der Waals surface area contributed by atoms with E-state index in [0.29, 0.717) is 0 Å². The van der Waals surface area contributed by atoms with Crippen molar-refractivity contribution >= 4 is 27.6 Å². The smallest absolute Gasteiger partial charge is 0.333 e. The van der Waals surface area contributed by atoms with Crippen molar-refractivity contribution in [1.29, 1.82) is 0 Å². The summed E-state index contributed by atoms with van der Waals surface area (Å²) >= 11 is 3.46. The van der Waals surface area contributed by atoms with Crippen LogP contribution >= 0.6 is 15.9 Å². The second-order valence-corrected chi connectivity index (χ2v) is 5.47. The number of methoxy groups -OCH3 is 1. The Balaban J connectivity index is 2.26. The van der Waals surface area contributed by atoms with Gasteiger partial charge in [-0.3, -0.25) is 4.68 Å². The van der Waals surface area contributed by atoms with Crippen molar-refractivity contribution < 1.29 is 9.53 Å². The van der Waals surface area contributed by atoms with Crippen LogP contribution in [0.5, 0.6) is 0 Å². The maximum atomic E-state index is 12.1. The summed E-state index contributed by atoms with van der Waals surface area (Å²) in [7, 11) is 1.38. The van der Waals surface area contributed by atoms with E-state index in [9.17, 15) is 4.79 Å². The van der Waals surface area contributed by atoms with Crippen LogP contribution in [-0.2, 0) is 16.1 Å². The van der Waals surface area contributed by atoms with Gasteiger partial charge in [-0.15, -0.1) is 0 Å². The Labute approximate surface area is 132 Å². The summed E-state index contributed by atoms with van der Waals surface area (Å²) < 4.78 is 7.61. The number of carbonyl (C=O) groups excluding carboxylic acids is 1. The Morgan fingerprint density at radius 1 is 1.48 bits per heavy atom. The second-order valence-electron chi connectivity index (χ2n) is 4.62. The first-order valence-corrected chi connectivity index (χ1v) is 7.56. The lowest BCUT2D eigenvalue weighted by Gasteiger charge is -2.17. The first-order valence-electron chi connectivity index (χ1n) is 6.77. The molecule has 0 amide bonds. The fourth-order valence-electron chi connectivity index (χ4n) is 2.01. The van der Waals surface area contributed by atoms with Crippen LogP contribution in [0.4, 0.5) is 5.69 Å². The van der Waals surface area contributed by atoms with E-state index in [-0.39, 0.29) is 5.97 Å². The number of benzene rings is 1. The zero-order valence-corrected chi connectivity index (χ0v) is 13.6. The number of para-hydroxylation sites is 1. The van der Waals surface area contributed by atoms with Crippen molar-refractivity contribution in [2.75, 3.05) is 12.4 Å². The van der Waals surface area contributed by atoms with Gasteiger partial charge in [-0.25, -0.2) is 4.79 Å². The summed E-state index contributed by atoms with van der Waals surface area (Å²) in [5.41, 5.74) is 1.61. The molecule has 1 aromatic carbocycles. The highest BCUT2D eigenvalue weighted by atomic mass is 79.9. The van der Waals surface area contributed by atoms with E-state index in [0.717, 1.165) is 28.7 Å². The first kappa shape index (κ1) is 15.6. The van der Waals surface area contributed by atoms with Gasteiger partial charge in [-0.1, -0.05) is 19.1 Å². The van der Waals surface area contributed by atoms with Crippen molar-refractivity contribution in [3.63, 3.8) is 0 Å². The third kappa shape index (κ3) is 3.85. The van der Waals surface area contributed by atoms with Crippen LogP contribution in [0.1, 0.15) is 24.9 Å². The number of carbonyl (C=O) groups is 1. The molecule has 1 atom stereocenters. The van der Waals surface area contributed by atoms with E-state index in [2.05, 4.69) is 33.3 Å². The Kier molecular flexibility index (Phi) is 5.38. The van der Waals surface area contributed by atoms with Gasteiger partial charge >= 0.3 is 5.97 Å². The molecular weight excluding hydrogens is 334 g/mol. The standard InChI is InChI=1S/C15H18BrN3O2/c1-3-8-19-10-11(9-17-19)14(15(20)21-2)18-13-7-5-4-6-12(13)16/h4-7,9-10,14,18H,3,8H2,1-2H3. The summed E-state index contributed by atoms with van der Waals surface area (Å²) in [5.74, 6) is -0.346. The molecular formula is C15H18BrN3O2. The average Bonchev–Trinajstić information content (AvgIpc) is 2.94. The molecule has 0 saturated carbocycles. The highest BCUT2D eigenvalue weighted by Crippen LogP contribution is 2.27. The van der Waals surface area contributed by atoms with E-state index in [1.54, 1.807) is 6.20 Å². The predicted octanol–water partition coefficient (Wildman–Crippen LogP) is 3.38. The molecule has 0 radical (unpaired) electrons. The normalized spacial score (nSPS) is 12.0. The monoisotopic (exact) mass is 351 g/mol. The molecule has 0 spiro atoms. The zero-order valence-electron chi connectivity index (χ0n) is 12.0. The second kappa shape index (κ2) is 7.26. The fraction of sp³-hybridized carbons (Fsp3) is 0.333. The Bertz CT molecular complexity index is 612.